The van der Waals surface area contributed by atoms with E-state index in [9.17, 15) is 32.4 Å². The minimum Gasteiger partial charge on any atom is -0.484 e. The third kappa shape index (κ3) is 12.8. The minimum atomic E-state index is -4.02. The third-order valence-electron chi connectivity index (χ3n) is 9.82. The first-order valence-electron chi connectivity index (χ1n) is 19.4. The Morgan fingerprint density at radius 1 is 0.650 bits per heavy atom. The number of nitrogens with one attached hydrogen (secondary N) is 5. The van der Waals surface area contributed by atoms with Gasteiger partial charge in [-0.2, -0.15) is 0 Å². The number of aryl methyl sites for hydroxylation is 1. The number of sulfonamides is 1. The van der Waals surface area contributed by atoms with Gasteiger partial charge in [0, 0.05) is 31.7 Å². The summed E-state index contributed by atoms with van der Waals surface area (Å²) in [7, 11) is -4.02. The highest BCUT2D eigenvalue weighted by Crippen LogP contribution is 2.20. The number of ether oxygens (including phenoxy) is 1. The van der Waals surface area contributed by atoms with Crippen molar-refractivity contribution < 1.29 is 37.1 Å². The fraction of sp³-hybridized carbons (Fsp3) is 0.244. The third-order valence-corrected chi connectivity index (χ3v) is 10.4. The maximum absolute atomic E-state index is 14.5. The highest BCUT2D eigenvalue weighted by Gasteiger charge is 2.32. The number of aromatic nitrogens is 1. The van der Waals surface area contributed by atoms with Crippen LogP contribution in [0.3, 0.4) is 0 Å². The number of pyridine rings is 1. The zero-order chi connectivity index (χ0) is 42.5. The van der Waals surface area contributed by atoms with Gasteiger partial charge in [-0.05, 0) is 70.5 Å². The topological polar surface area (TPSA) is 202 Å². The SMILES string of the molecule is CS(=O)(=O)NC(=O)[C@@H]1Cc2ccc(cc2)OCC(=O)N[C@@H](Cc2ccncc2)C(=O)N[C@H](Cc2ccc(-c3ccccc3)cc2)C(=O)N[C@@H](CCc2ccccc2)C(=O)N1. The van der Waals surface area contributed by atoms with E-state index in [4.69, 9.17) is 4.74 Å². The Balaban J connectivity index is 1.36. The molecule has 0 unspecified atom stereocenters. The van der Waals surface area contributed by atoms with Crippen LogP contribution in [0.2, 0.25) is 0 Å². The summed E-state index contributed by atoms with van der Waals surface area (Å²) in [5.74, 6) is -3.39. The summed E-state index contributed by atoms with van der Waals surface area (Å²) in [6.45, 7) is -0.449. The quantitative estimate of drug-likeness (QED) is 0.131. The number of benzene rings is 4. The lowest BCUT2D eigenvalue weighted by Gasteiger charge is -2.27. The van der Waals surface area contributed by atoms with E-state index in [1.54, 1.807) is 48.8 Å². The van der Waals surface area contributed by atoms with E-state index in [0.717, 1.165) is 22.9 Å². The van der Waals surface area contributed by atoms with Crippen molar-refractivity contribution >= 4 is 39.6 Å². The average molecular weight is 831 g/mol. The molecule has 7 rings (SSSR count). The van der Waals surface area contributed by atoms with Crippen molar-refractivity contribution in [1.29, 1.82) is 0 Å². The van der Waals surface area contributed by atoms with Crippen LogP contribution < -0.4 is 30.7 Å². The number of nitrogens with zero attached hydrogens (tertiary/aromatic N) is 1. The molecular formula is C45H46N6O8S. The summed E-state index contributed by atoms with van der Waals surface area (Å²) in [4.78, 5) is 73.7. The van der Waals surface area contributed by atoms with Crippen LogP contribution in [0.15, 0.2) is 134 Å². The molecule has 0 saturated carbocycles. The van der Waals surface area contributed by atoms with Crippen LogP contribution in [-0.4, -0.2) is 80.0 Å². The molecule has 5 N–H and O–H groups in total. The minimum absolute atomic E-state index is 0.00602. The molecule has 60 heavy (non-hydrogen) atoms. The van der Waals surface area contributed by atoms with Crippen molar-refractivity contribution in [3.05, 3.63) is 156 Å². The molecule has 15 heteroatoms. The first kappa shape index (κ1) is 42.7. The van der Waals surface area contributed by atoms with Crippen molar-refractivity contribution in [3.63, 3.8) is 0 Å². The molecule has 14 nitrogen and oxygen atoms in total. The second-order valence-corrected chi connectivity index (χ2v) is 16.3. The Bertz CT molecular complexity index is 2370. The van der Waals surface area contributed by atoms with Gasteiger partial charge in [-0.25, -0.2) is 8.42 Å². The van der Waals surface area contributed by atoms with E-state index >= 15 is 0 Å². The lowest BCUT2D eigenvalue weighted by atomic mass is 9.98. The van der Waals surface area contributed by atoms with Gasteiger partial charge >= 0.3 is 0 Å². The molecule has 0 saturated heterocycles. The Morgan fingerprint density at radius 3 is 1.83 bits per heavy atom. The van der Waals surface area contributed by atoms with Crippen LogP contribution in [0.1, 0.15) is 28.7 Å². The number of hydrogen-bond donors (Lipinski definition) is 5. The van der Waals surface area contributed by atoms with Gasteiger partial charge in [0.05, 0.1) is 6.26 Å². The molecule has 0 radical (unpaired) electrons. The Morgan fingerprint density at radius 2 is 1.20 bits per heavy atom. The fourth-order valence-corrected chi connectivity index (χ4v) is 7.23. The van der Waals surface area contributed by atoms with Gasteiger partial charge in [0.15, 0.2) is 6.61 Å². The predicted octanol–water partition coefficient (Wildman–Crippen LogP) is 2.82. The van der Waals surface area contributed by atoms with E-state index < -0.39 is 70.3 Å². The van der Waals surface area contributed by atoms with Crippen LogP contribution in [0.4, 0.5) is 0 Å². The highest BCUT2D eigenvalue weighted by atomic mass is 32.2. The maximum atomic E-state index is 14.5. The first-order valence-corrected chi connectivity index (χ1v) is 21.3. The van der Waals surface area contributed by atoms with E-state index in [1.165, 1.54) is 0 Å². The van der Waals surface area contributed by atoms with Gasteiger partial charge in [-0.15, -0.1) is 0 Å². The lowest BCUT2D eigenvalue weighted by Crippen LogP contribution is -2.59. The standard InChI is InChI=1S/C45H46N6O8S/c1-60(57,58)51-45(56)40-27-32-14-19-36(20-15-32)59-29-41(52)47-38(28-33-22-24-46-25-23-33)43(54)49-39(26-31-12-17-35(18-13-31)34-10-6-3-7-11-34)44(55)48-37(42(53)50-40)21-16-30-8-4-2-5-9-30/h2-15,17-20,22-25,37-40H,16,21,26-29H2,1H3,(H,47,52)(H,48,55)(H,49,54)(H,50,53)(H,51,56)/t37-,38-,39+,40-/m0/s1. The zero-order valence-electron chi connectivity index (χ0n) is 32.9. The lowest BCUT2D eigenvalue weighted by molar-refractivity contribution is -0.134. The number of hydrogen-bond acceptors (Lipinski definition) is 9. The molecule has 2 aliphatic heterocycles. The molecular weight excluding hydrogens is 785 g/mol. The predicted molar refractivity (Wildman–Crippen MR) is 225 cm³/mol. The average Bonchev–Trinajstić information content (AvgIpc) is 3.24. The summed E-state index contributed by atoms with van der Waals surface area (Å²) in [5, 5.41) is 11.1. The van der Waals surface area contributed by atoms with Crippen molar-refractivity contribution in [2.24, 2.45) is 0 Å². The Labute approximate surface area is 348 Å². The van der Waals surface area contributed by atoms with E-state index in [0.29, 0.717) is 28.9 Å². The maximum Gasteiger partial charge on any atom is 0.258 e. The summed E-state index contributed by atoms with van der Waals surface area (Å²) in [5.41, 5.74) is 4.75. The summed E-state index contributed by atoms with van der Waals surface area (Å²) < 4.78 is 31.9. The normalized spacial score (nSPS) is 19.2. The van der Waals surface area contributed by atoms with Gasteiger partial charge in [0.1, 0.15) is 29.9 Å². The van der Waals surface area contributed by atoms with Crippen LogP contribution >= 0.6 is 0 Å². The van der Waals surface area contributed by atoms with Gasteiger partial charge in [0.2, 0.25) is 27.7 Å². The largest absolute Gasteiger partial charge is 0.484 e. The molecule has 4 atom stereocenters. The Hall–Kier alpha value is -6.87. The van der Waals surface area contributed by atoms with Crippen molar-refractivity contribution in [1.82, 2.24) is 31.0 Å². The summed E-state index contributed by atoms with van der Waals surface area (Å²) in [6.07, 6.45) is 4.34. The van der Waals surface area contributed by atoms with Gasteiger partial charge in [-0.1, -0.05) is 97.1 Å². The molecule has 3 heterocycles. The second-order valence-electron chi connectivity index (χ2n) is 14.5. The van der Waals surface area contributed by atoms with E-state index in [1.807, 2.05) is 89.7 Å². The number of amides is 5. The zero-order valence-corrected chi connectivity index (χ0v) is 33.7. The van der Waals surface area contributed by atoms with Crippen LogP contribution in [0, 0.1) is 0 Å². The molecule has 5 aromatic rings. The first-order chi connectivity index (χ1) is 28.9. The van der Waals surface area contributed by atoms with Crippen molar-refractivity contribution in [2.75, 3.05) is 12.9 Å². The Kier molecular flexibility index (Phi) is 14.4. The molecule has 2 bridgehead atoms. The molecule has 4 aromatic carbocycles. The van der Waals surface area contributed by atoms with Crippen LogP contribution in [-0.2, 0) is 59.7 Å². The van der Waals surface area contributed by atoms with E-state index in [-0.39, 0.29) is 25.7 Å². The summed E-state index contributed by atoms with van der Waals surface area (Å²) in [6, 6.07) is 31.3. The van der Waals surface area contributed by atoms with Crippen molar-refractivity contribution in [3.8, 4) is 16.9 Å². The summed E-state index contributed by atoms with van der Waals surface area (Å²) >= 11 is 0. The van der Waals surface area contributed by atoms with Crippen LogP contribution in [0.5, 0.6) is 5.75 Å². The smallest absolute Gasteiger partial charge is 0.258 e. The molecule has 0 fully saturated rings. The molecule has 310 valence electrons. The number of carbonyl (C=O) groups excluding carboxylic acids is 5. The van der Waals surface area contributed by atoms with Gasteiger partial charge in [0.25, 0.3) is 11.8 Å². The molecule has 2 aliphatic rings. The molecule has 0 aliphatic carbocycles. The van der Waals surface area contributed by atoms with Crippen LogP contribution in [0.25, 0.3) is 11.1 Å². The number of rotatable bonds is 10. The van der Waals surface area contributed by atoms with Gasteiger partial charge < -0.3 is 26.0 Å². The monoisotopic (exact) mass is 830 g/mol. The fourth-order valence-electron chi connectivity index (χ4n) is 6.72. The number of fused-ring (bicyclic) bond motifs is 16. The molecule has 1 aromatic heterocycles. The number of carbonyl (C=O) groups is 5. The second kappa shape index (κ2) is 20.2. The molecule has 5 amide bonds. The van der Waals surface area contributed by atoms with E-state index in [2.05, 4.69) is 26.3 Å². The highest BCUT2D eigenvalue weighted by molar-refractivity contribution is 7.89. The van der Waals surface area contributed by atoms with Gasteiger partial charge in [-0.3, -0.25) is 33.7 Å². The van der Waals surface area contributed by atoms with Crippen molar-refractivity contribution in [2.45, 2.75) is 56.3 Å². The molecule has 0 spiro atoms.